The second-order valence-electron chi connectivity index (χ2n) is 10.5. The molecule has 3 heterocycles. The summed E-state index contributed by atoms with van der Waals surface area (Å²) in [5, 5.41) is 124. The van der Waals surface area contributed by atoms with Gasteiger partial charge in [-0.1, -0.05) is 0 Å². The van der Waals surface area contributed by atoms with Crippen LogP contribution >= 0.6 is 0 Å². The summed E-state index contributed by atoms with van der Waals surface area (Å²) in [4.78, 5) is 24.2. The Labute approximate surface area is 243 Å². The Bertz CT molecular complexity index is 944. The van der Waals surface area contributed by atoms with Gasteiger partial charge in [0.25, 0.3) is 5.79 Å². The first-order chi connectivity index (χ1) is 20.1. The summed E-state index contributed by atoms with van der Waals surface area (Å²) in [5.41, 5.74) is 0. The molecule has 3 fully saturated rings. The van der Waals surface area contributed by atoms with E-state index in [1.807, 2.05) is 0 Å². The van der Waals surface area contributed by atoms with Crippen LogP contribution in [0.2, 0.25) is 0 Å². The van der Waals surface area contributed by atoms with Crippen LogP contribution in [0.3, 0.4) is 0 Å². The van der Waals surface area contributed by atoms with Crippen LogP contribution in [0.5, 0.6) is 0 Å². The number of amides is 1. The third-order valence-corrected chi connectivity index (χ3v) is 7.45. The molecule has 20 nitrogen and oxygen atoms in total. The van der Waals surface area contributed by atoms with Crippen LogP contribution in [0.25, 0.3) is 0 Å². The summed E-state index contributed by atoms with van der Waals surface area (Å²) >= 11 is 0. The van der Waals surface area contributed by atoms with E-state index in [1.165, 1.54) is 0 Å². The van der Waals surface area contributed by atoms with Crippen molar-refractivity contribution >= 4 is 11.9 Å². The molecule has 0 aromatic rings. The lowest BCUT2D eigenvalue weighted by Crippen LogP contribution is -2.70. The third kappa shape index (κ3) is 7.58. The zero-order chi connectivity index (χ0) is 32.4. The lowest BCUT2D eigenvalue weighted by atomic mass is 9.88. The zero-order valence-electron chi connectivity index (χ0n) is 22.7. The second-order valence-corrected chi connectivity index (χ2v) is 10.5. The highest BCUT2D eigenvalue weighted by Gasteiger charge is 2.59. The van der Waals surface area contributed by atoms with Gasteiger partial charge in [0, 0.05) is 13.3 Å². The van der Waals surface area contributed by atoms with E-state index in [1.54, 1.807) is 0 Å². The quantitative estimate of drug-likeness (QED) is 0.100. The highest BCUT2D eigenvalue weighted by molar-refractivity contribution is 5.76. The summed E-state index contributed by atoms with van der Waals surface area (Å²) in [6.45, 7) is -1.65. The molecule has 3 aliphatic heterocycles. The smallest absolute Gasteiger partial charge is 0.364 e. The Kier molecular flexibility index (Phi) is 12.1. The van der Waals surface area contributed by atoms with E-state index < -0.39 is 136 Å². The number of nitrogens with one attached hydrogen (secondary N) is 1. The number of hydrogen-bond donors (Lipinski definition) is 13. The molecule has 0 aromatic heterocycles. The minimum absolute atomic E-state index is 0.726. The maximum atomic E-state index is 12.5. The van der Waals surface area contributed by atoms with Gasteiger partial charge >= 0.3 is 5.97 Å². The Balaban J connectivity index is 1.87. The molecule has 1 amide bonds. The van der Waals surface area contributed by atoms with Crippen LogP contribution in [-0.4, -0.2) is 191 Å². The first-order valence-corrected chi connectivity index (χ1v) is 13.2. The fraction of sp³-hybridized carbons (Fsp3) is 0.913. The summed E-state index contributed by atoms with van der Waals surface area (Å²) in [7, 11) is 0. The molecule has 0 bridgehead atoms. The number of aliphatic hydroxyl groups excluding tert-OH is 11. The van der Waals surface area contributed by atoms with Gasteiger partial charge < -0.3 is 90.3 Å². The van der Waals surface area contributed by atoms with Crippen molar-refractivity contribution in [3.8, 4) is 0 Å². The predicted octanol–water partition coefficient (Wildman–Crippen LogP) is -8.22. The number of ether oxygens (including phenoxy) is 5. The van der Waals surface area contributed by atoms with Crippen LogP contribution in [0.1, 0.15) is 13.3 Å². The summed E-state index contributed by atoms with van der Waals surface area (Å²) in [5.74, 6) is -5.68. The fourth-order valence-electron chi connectivity index (χ4n) is 5.06. The monoisotopic (exact) mass is 633 g/mol. The summed E-state index contributed by atoms with van der Waals surface area (Å²) in [6.07, 6.45) is -27.3. The maximum Gasteiger partial charge on any atom is 0.364 e. The topological polar surface area (TPSA) is 335 Å². The van der Waals surface area contributed by atoms with Gasteiger partial charge in [0.15, 0.2) is 12.6 Å². The van der Waals surface area contributed by atoms with Crippen molar-refractivity contribution in [2.45, 2.75) is 111 Å². The van der Waals surface area contributed by atoms with E-state index in [9.17, 15) is 70.9 Å². The van der Waals surface area contributed by atoms with Crippen molar-refractivity contribution in [1.82, 2.24) is 5.32 Å². The number of rotatable bonds is 11. The Morgan fingerprint density at radius 1 is 0.930 bits per heavy atom. The fourth-order valence-corrected chi connectivity index (χ4v) is 5.06. The number of carbonyl (C=O) groups excluding carboxylic acids is 1. The van der Waals surface area contributed by atoms with Crippen LogP contribution in [-0.2, 0) is 33.3 Å². The van der Waals surface area contributed by atoms with Crippen molar-refractivity contribution in [2.75, 3.05) is 19.8 Å². The highest BCUT2D eigenvalue weighted by atomic mass is 16.8. The van der Waals surface area contributed by atoms with Gasteiger partial charge in [-0.05, 0) is 0 Å². The molecule has 16 atom stereocenters. The van der Waals surface area contributed by atoms with Crippen molar-refractivity contribution in [3.05, 3.63) is 0 Å². The average Bonchev–Trinajstić information content (AvgIpc) is 2.96. The average molecular weight is 634 g/mol. The minimum Gasteiger partial charge on any atom is -0.477 e. The molecule has 0 saturated carbocycles. The van der Waals surface area contributed by atoms with Crippen LogP contribution in [0.4, 0.5) is 0 Å². The molecule has 3 saturated heterocycles. The largest absolute Gasteiger partial charge is 0.477 e. The van der Waals surface area contributed by atoms with Gasteiger partial charge in [-0.25, -0.2) is 4.79 Å². The van der Waals surface area contributed by atoms with Crippen LogP contribution < -0.4 is 5.32 Å². The van der Waals surface area contributed by atoms with E-state index in [2.05, 4.69) is 5.32 Å². The van der Waals surface area contributed by atoms with Gasteiger partial charge in [0.05, 0.1) is 32.0 Å². The van der Waals surface area contributed by atoms with Gasteiger partial charge in [-0.15, -0.1) is 0 Å². The molecular weight excluding hydrogens is 594 g/mol. The number of aliphatic carboxylic acids is 1. The zero-order valence-corrected chi connectivity index (χ0v) is 22.7. The number of carboxylic acid groups (broad SMARTS) is 1. The molecule has 0 unspecified atom stereocenters. The number of aliphatic hydroxyl groups is 11. The van der Waals surface area contributed by atoms with Crippen molar-refractivity contribution in [2.24, 2.45) is 0 Å². The molecule has 3 aliphatic rings. The molecule has 250 valence electrons. The van der Waals surface area contributed by atoms with E-state index >= 15 is 0 Å². The maximum absolute atomic E-state index is 12.5. The number of hydrogen-bond acceptors (Lipinski definition) is 18. The molecule has 3 rings (SSSR count). The Morgan fingerprint density at radius 3 is 2.14 bits per heavy atom. The van der Waals surface area contributed by atoms with Gasteiger partial charge in [-0.3, -0.25) is 4.79 Å². The van der Waals surface area contributed by atoms with Gasteiger partial charge in [0.2, 0.25) is 5.91 Å². The predicted molar refractivity (Wildman–Crippen MR) is 130 cm³/mol. The van der Waals surface area contributed by atoms with E-state index in [4.69, 9.17) is 23.7 Å². The first-order valence-electron chi connectivity index (χ1n) is 13.2. The van der Waals surface area contributed by atoms with E-state index in [0.717, 1.165) is 6.92 Å². The van der Waals surface area contributed by atoms with Crippen LogP contribution in [0, 0.1) is 0 Å². The Hall–Kier alpha value is -1.70. The van der Waals surface area contributed by atoms with Gasteiger partial charge in [-0.2, -0.15) is 0 Å². The number of carboxylic acids is 1. The molecule has 0 aromatic carbocycles. The molecule has 0 spiro atoms. The molecule has 20 heteroatoms. The van der Waals surface area contributed by atoms with Crippen molar-refractivity contribution < 1.29 is 94.6 Å². The third-order valence-electron chi connectivity index (χ3n) is 7.45. The van der Waals surface area contributed by atoms with E-state index in [-0.39, 0.29) is 0 Å². The molecule has 0 radical (unpaired) electrons. The molecule has 0 aliphatic carbocycles. The normalized spacial score (nSPS) is 45.3. The minimum atomic E-state index is -2.99. The molecule has 13 N–H and O–H groups in total. The lowest BCUT2D eigenvalue weighted by Gasteiger charge is -2.50. The lowest BCUT2D eigenvalue weighted by molar-refractivity contribution is -0.373. The number of carbonyl (C=O) groups is 2. The van der Waals surface area contributed by atoms with Crippen LogP contribution in [0.15, 0.2) is 0 Å². The Morgan fingerprint density at radius 2 is 1.58 bits per heavy atom. The molecular formula is C23H39NO19. The molecule has 43 heavy (non-hydrogen) atoms. The standard InChI is InChI=1S/C23H39NO19/c1-6(27)24-11-7(28)2-23(22(37)38,42-18(11)12(30)8(29)3-25)43-19-14(32)9(4-26)41-21(17(19)35)39-5-10-13(31)15(33)16(34)20(36)40-10/h7-21,25-26,28-36H,2-5H2,1H3,(H,24,27)(H,37,38)/t7-,8+,9+,10+,11+,12+,13+,14-,15-,16+,17+,18+,19-,20-,21+,23-/m0/s1. The van der Waals surface area contributed by atoms with Crippen molar-refractivity contribution in [3.63, 3.8) is 0 Å². The van der Waals surface area contributed by atoms with Gasteiger partial charge in [0.1, 0.15) is 67.1 Å². The second kappa shape index (κ2) is 14.6. The summed E-state index contributed by atoms with van der Waals surface area (Å²) in [6, 6.07) is -1.53. The van der Waals surface area contributed by atoms with E-state index in [0.29, 0.717) is 0 Å². The summed E-state index contributed by atoms with van der Waals surface area (Å²) < 4.78 is 26.7. The highest BCUT2D eigenvalue weighted by Crippen LogP contribution is 2.37. The SMILES string of the molecule is CC(=O)N[C@H]1[C@H]([C@H](O)[C@H](O)CO)O[C@@](O[C@H]2[C@@H](O)[C@@H](CO)O[C@@H](OC[C@H]3O[C@H](O)[C@H](O)[C@@H](O)[C@@H]3O)[C@@H]2O)(C(=O)O)C[C@@H]1O. The van der Waals surface area contributed by atoms with Crippen molar-refractivity contribution in [1.29, 1.82) is 0 Å². The first kappa shape index (κ1) is 35.8.